The first-order valence-electron chi connectivity index (χ1n) is 5.23. The van der Waals surface area contributed by atoms with Gasteiger partial charge in [0.25, 0.3) is 10.0 Å². The van der Waals surface area contributed by atoms with Crippen molar-refractivity contribution in [3.63, 3.8) is 0 Å². The third kappa shape index (κ3) is 3.03. The second kappa shape index (κ2) is 5.41. The highest BCUT2D eigenvalue weighted by molar-refractivity contribution is 7.91. The molecule has 0 aliphatic carbocycles. The molecule has 102 valence electrons. The molecular formula is C11H11NO4S3. The van der Waals surface area contributed by atoms with Gasteiger partial charge in [-0.25, -0.2) is 13.2 Å². The molecular weight excluding hydrogens is 306 g/mol. The van der Waals surface area contributed by atoms with E-state index < -0.39 is 16.0 Å². The second-order valence-corrected chi connectivity index (χ2v) is 8.15. The Kier molecular flexibility index (Phi) is 4.04. The van der Waals surface area contributed by atoms with E-state index in [1.165, 1.54) is 34.8 Å². The zero-order valence-corrected chi connectivity index (χ0v) is 12.4. The third-order valence-electron chi connectivity index (χ3n) is 2.42. The molecule has 8 heteroatoms. The van der Waals surface area contributed by atoms with Crippen molar-refractivity contribution in [3.05, 3.63) is 39.4 Å². The van der Waals surface area contributed by atoms with Gasteiger partial charge < -0.3 is 5.11 Å². The number of nitrogens with zero attached hydrogens (tertiary/aromatic N) is 1. The number of carboxylic acid groups (broad SMARTS) is 1. The molecule has 19 heavy (non-hydrogen) atoms. The van der Waals surface area contributed by atoms with Crippen molar-refractivity contribution in [3.8, 4) is 0 Å². The first-order chi connectivity index (χ1) is 8.91. The van der Waals surface area contributed by atoms with Crippen LogP contribution in [0.1, 0.15) is 14.5 Å². The molecule has 0 saturated carbocycles. The summed E-state index contributed by atoms with van der Waals surface area (Å²) in [5.74, 6) is -1.12. The lowest BCUT2D eigenvalue weighted by atomic mass is 10.5. The van der Waals surface area contributed by atoms with Crippen LogP contribution in [0.4, 0.5) is 0 Å². The summed E-state index contributed by atoms with van der Waals surface area (Å²) in [6.07, 6.45) is 0. The van der Waals surface area contributed by atoms with Crippen molar-refractivity contribution >= 4 is 38.7 Å². The largest absolute Gasteiger partial charge is 0.477 e. The smallest absolute Gasteiger partial charge is 0.345 e. The molecule has 0 aliphatic heterocycles. The Balaban J connectivity index is 2.23. The molecule has 0 bridgehead atoms. The van der Waals surface area contributed by atoms with Crippen molar-refractivity contribution in [2.75, 3.05) is 7.05 Å². The molecule has 0 spiro atoms. The van der Waals surface area contributed by atoms with E-state index in [0.717, 1.165) is 16.2 Å². The van der Waals surface area contributed by atoms with Crippen molar-refractivity contribution in [1.82, 2.24) is 4.31 Å². The van der Waals surface area contributed by atoms with E-state index in [1.807, 2.05) is 17.5 Å². The van der Waals surface area contributed by atoms with Crippen LogP contribution in [0, 0.1) is 0 Å². The van der Waals surface area contributed by atoms with Crippen LogP contribution in [0.2, 0.25) is 0 Å². The summed E-state index contributed by atoms with van der Waals surface area (Å²) in [7, 11) is -2.15. The minimum Gasteiger partial charge on any atom is -0.477 e. The van der Waals surface area contributed by atoms with Crippen molar-refractivity contribution < 1.29 is 18.3 Å². The van der Waals surface area contributed by atoms with E-state index in [4.69, 9.17) is 5.11 Å². The number of hydrogen-bond donors (Lipinski definition) is 1. The van der Waals surface area contributed by atoms with Gasteiger partial charge >= 0.3 is 5.97 Å². The lowest BCUT2D eigenvalue weighted by Crippen LogP contribution is -2.25. The molecule has 2 heterocycles. The van der Waals surface area contributed by atoms with Crippen LogP contribution >= 0.6 is 22.7 Å². The van der Waals surface area contributed by atoms with Gasteiger partial charge in [0.2, 0.25) is 0 Å². The van der Waals surface area contributed by atoms with Crippen LogP contribution in [-0.2, 0) is 16.6 Å². The molecule has 2 aromatic heterocycles. The number of sulfonamides is 1. The average Bonchev–Trinajstić information content (AvgIpc) is 2.99. The summed E-state index contributed by atoms with van der Waals surface area (Å²) in [5.41, 5.74) is 0. The van der Waals surface area contributed by atoms with Crippen molar-refractivity contribution in [2.45, 2.75) is 10.8 Å². The van der Waals surface area contributed by atoms with Gasteiger partial charge in [-0.05, 0) is 23.6 Å². The predicted molar refractivity (Wildman–Crippen MR) is 74.3 cm³/mol. The van der Waals surface area contributed by atoms with Gasteiger partial charge in [-0.2, -0.15) is 4.31 Å². The Hall–Kier alpha value is -1.22. The average molecular weight is 317 g/mol. The number of thiophene rings is 2. The summed E-state index contributed by atoms with van der Waals surface area (Å²) >= 11 is 2.24. The summed E-state index contributed by atoms with van der Waals surface area (Å²) < 4.78 is 25.7. The molecule has 2 rings (SSSR count). The first-order valence-corrected chi connectivity index (χ1v) is 8.37. The van der Waals surface area contributed by atoms with Crippen LogP contribution in [-0.4, -0.2) is 30.8 Å². The van der Waals surface area contributed by atoms with Gasteiger partial charge in [0, 0.05) is 18.5 Å². The molecule has 0 saturated heterocycles. The lowest BCUT2D eigenvalue weighted by molar-refractivity contribution is 0.0702. The maximum Gasteiger partial charge on any atom is 0.345 e. The Morgan fingerprint density at radius 1 is 1.37 bits per heavy atom. The van der Waals surface area contributed by atoms with Gasteiger partial charge in [-0.15, -0.1) is 22.7 Å². The number of rotatable bonds is 5. The monoisotopic (exact) mass is 317 g/mol. The fourth-order valence-corrected chi connectivity index (χ4v) is 4.78. The van der Waals surface area contributed by atoms with Crippen molar-refractivity contribution in [2.24, 2.45) is 0 Å². The maximum absolute atomic E-state index is 12.2. The quantitative estimate of drug-likeness (QED) is 0.918. The van der Waals surface area contributed by atoms with E-state index in [0.29, 0.717) is 0 Å². The van der Waals surface area contributed by atoms with Crippen LogP contribution in [0.3, 0.4) is 0 Å². The normalized spacial score (nSPS) is 11.9. The van der Waals surface area contributed by atoms with E-state index in [1.54, 1.807) is 0 Å². The van der Waals surface area contributed by atoms with Crippen LogP contribution < -0.4 is 0 Å². The van der Waals surface area contributed by atoms with Crippen LogP contribution in [0.25, 0.3) is 0 Å². The maximum atomic E-state index is 12.2. The zero-order chi connectivity index (χ0) is 14.0. The second-order valence-electron chi connectivity index (χ2n) is 3.76. The fourth-order valence-electron chi connectivity index (χ4n) is 1.43. The third-order valence-corrected chi connectivity index (χ3v) is 6.62. The molecule has 1 N–H and O–H groups in total. The highest BCUT2D eigenvalue weighted by Gasteiger charge is 2.24. The molecule has 2 aromatic rings. The highest BCUT2D eigenvalue weighted by Crippen LogP contribution is 2.25. The zero-order valence-electron chi connectivity index (χ0n) is 9.94. The predicted octanol–water partition coefficient (Wildman–Crippen LogP) is 2.33. The minimum atomic E-state index is -3.63. The van der Waals surface area contributed by atoms with Crippen LogP contribution in [0.15, 0.2) is 33.9 Å². The summed E-state index contributed by atoms with van der Waals surface area (Å²) in [6.45, 7) is 0.278. The van der Waals surface area contributed by atoms with E-state index in [9.17, 15) is 13.2 Å². The standard InChI is InChI=1S/C11H11NO4S3/c1-12(7-8-3-2-6-17-8)19(15,16)10-5-4-9(18-10)11(13)14/h2-6H,7H2,1H3,(H,13,14). The van der Waals surface area contributed by atoms with Gasteiger partial charge in [-0.1, -0.05) is 6.07 Å². The van der Waals surface area contributed by atoms with E-state index in [2.05, 4.69) is 0 Å². The van der Waals surface area contributed by atoms with E-state index in [-0.39, 0.29) is 15.6 Å². The molecule has 0 fully saturated rings. The number of hydrogen-bond acceptors (Lipinski definition) is 5. The fraction of sp³-hybridized carbons (Fsp3) is 0.182. The van der Waals surface area contributed by atoms with E-state index >= 15 is 0 Å². The SMILES string of the molecule is CN(Cc1cccs1)S(=O)(=O)c1ccc(C(=O)O)s1. The van der Waals surface area contributed by atoms with Gasteiger partial charge in [-0.3, -0.25) is 0 Å². The lowest BCUT2D eigenvalue weighted by Gasteiger charge is -2.14. The summed E-state index contributed by atoms with van der Waals surface area (Å²) in [5, 5.41) is 10.7. The van der Waals surface area contributed by atoms with Gasteiger partial charge in [0.15, 0.2) is 0 Å². The summed E-state index contributed by atoms with van der Waals surface area (Å²) in [6, 6.07) is 6.34. The van der Waals surface area contributed by atoms with Gasteiger partial charge in [0.1, 0.15) is 9.09 Å². The minimum absolute atomic E-state index is 0.0168. The number of carboxylic acids is 1. The Bertz CT molecular complexity index is 673. The Morgan fingerprint density at radius 2 is 2.11 bits per heavy atom. The Labute approximate surface area is 118 Å². The van der Waals surface area contributed by atoms with Gasteiger partial charge in [0.05, 0.1) is 0 Å². The number of carbonyl (C=O) groups is 1. The Morgan fingerprint density at radius 3 is 2.63 bits per heavy atom. The molecule has 0 amide bonds. The first kappa shape index (κ1) is 14.2. The molecule has 0 aliphatic rings. The molecule has 0 unspecified atom stereocenters. The van der Waals surface area contributed by atoms with Crippen LogP contribution in [0.5, 0.6) is 0 Å². The van der Waals surface area contributed by atoms with Crippen molar-refractivity contribution in [1.29, 1.82) is 0 Å². The highest BCUT2D eigenvalue weighted by atomic mass is 32.2. The topological polar surface area (TPSA) is 74.7 Å². The summed E-state index contributed by atoms with van der Waals surface area (Å²) in [4.78, 5) is 11.7. The molecule has 0 atom stereocenters. The molecule has 0 radical (unpaired) electrons. The molecule has 5 nitrogen and oxygen atoms in total. The molecule has 0 aromatic carbocycles. The number of aromatic carboxylic acids is 1.